The van der Waals surface area contributed by atoms with Gasteiger partial charge in [0.05, 0.1) is 13.0 Å². The largest absolute Gasteiger partial charge is 0.493 e. The molecule has 3 aromatic rings. The quantitative estimate of drug-likeness (QED) is 0.580. The van der Waals surface area contributed by atoms with Gasteiger partial charge in [-0.15, -0.1) is 5.10 Å². The Hall–Kier alpha value is -3.44. The van der Waals surface area contributed by atoms with Gasteiger partial charge in [0.15, 0.2) is 11.5 Å². The summed E-state index contributed by atoms with van der Waals surface area (Å²) in [5.41, 5.74) is 9.73. The van der Waals surface area contributed by atoms with E-state index in [4.69, 9.17) is 19.9 Å². The Balaban J connectivity index is 1.76. The van der Waals surface area contributed by atoms with Crippen molar-refractivity contribution in [2.24, 2.45) is 5.73 Å². The minimum absolute atomic E-state index is 0.0387. The van der Waals surface area contributed by atoms with Crippen molar-refractivity contribution in [2.45, 2.75) is 19.4 Å². The molecule has 0 fully saturated rings. The average Bonchev–Trinajstić information content (AvgIpc) is 3.12. The number of hydrogen-bond acceptors (Lipinski definition) is 6. The third-order valence-electron chi connectivity index (χ3n) is 4.96. The number of halogens is 1. The Morgan fingerprint density at radius 2 is 2.03 bits per heavy atom. The molecule has 3 N–H and O–H groups in total. The second-order valence-electron chi connectivity index (χ2n) is 6.79. The molecule has 1 aliphatic rings. The van der Waals surface area contributed by atoms with E-state index in [1.54, 1.807) is 7.11 Å². The first-order chi connectivity index (χ1) is 14.5. The highest BCUT2D eigenvalue weighted by Crippen LogP contribution is 2.47. The van der Waals surface area contributed by atoms with Crippen LogP contribution >= 0.6 is 15.9 Å². The van der Waals surface area contributed by atoms with Gasteiger partial charge in [0.2, 0.25) is 11.8 Å². The molecule has 152 valence electrons. The number of nitrogens with two attached hydrogens (primary N) is 1. The highest BCUT2D eigenvalue weighted by atomic mass is 79.9. The van der Waals surface area contributed by atoms with E-state index in [0.717, 1.165) is 26.9 Å². The number of ether oxygens (including phenoxy) is 3. The lowest BCUT2D eigenvalue weighted by molar-refractivity contribution is 0.284. The Morgan fingerprint density at radius 1 is 1.27 bits per heavy atom. The Bertz CT molecular complexity index is 1170. The molecule has 0 amide bonds. The topological polar surface area (TPSA) is 106 Å². The van der Waals surface area contributed by atoms with E-state index in [1.165, 1.54) is 0 Å². The van der Waals surface area contributed by atoms with Crippen molar-refractivity contribution in [3.05, 3.63) is 80.8 Å². The van der Waals surface area contributed by atoms with Gasteiger partial charge in [0.1, 0.15) is 18.2 Å². The number of methoxy groups -OCH3 is 1. The van der Waals surface area contributed by atoms with Crippen LogP contribution in [0.25, 0.3) is 0 Å². The first kappa shape index (κ1) is 19.9. The molecule has 4 rings (SSSR count). The van der Waals surface area contributed by atoms with Crippen LogP contribution in [0.2, 0.25) is 0 Å². The predicted octanol–water partition coefficient (Wildman–Crippen LogP) is 4.29. The van der Waals surface area contributed by atoms with Gasteiger partial charge in [-0.3, -0.25) is 5.10 Å². The summed E-state index contributed by atoms with van der Waals surface area (Å²) in [6.45, 7) is 2.28. The van der Waals surface area contributed by atoms with Crippen LogP contribution in [0.3, 0.4) is 0 Å². The van der Waals surface area contributed by atoms with Gasteiger partial charge in [-0.05, 0) is 30.2 Å². The standard InChI is InChI=1S/C22H19BrN4O3/c1-12-19-20(15(10-24)21(25)30-22(19)27-26-12)14-8-17(28-2)18(9-16(14)23)29-11-13-6-4-3-5-7-13/h3-9,20H,11,25H2,1-2H3,(H,26,27)/t20-/m1/s1. The number of aryl methyl sites for hydroxylation is 1. The van der Waals surface area contributed by atoms with Gasteiger partial charge in [-0.25, -0.2) is 0 Å². The number of rotatable bonds is 5. The maximum atomic E-state index is 9.76. The molecule has 0 saturated carbocycles. The minimum atomic E-state index is -0.455. The van der Waals surface area contributed by atoms with E-state index in [2.05, 4.69) is 32.2 Å². The number of nitrogens with zero attached hydrogens (tertiary/aromatic N) is 2. The SMILES string of the molecule is COc1cc([C@@H]2C(C#N)=C(N)Oc3n[nH]c(C)c32)c(Br)cc1OCc1ccccc1. The monoisotopic (exact) mass is 466 g/mol. The summed E-state index contributed by atoms with van der Waals surface area (Å²) in [6.07, 6.45) is 0. The second kappa shape index (κ2) is 8.13. The molecule has 8 heteroatoms. The molecule has 0 spiro atoms. The molecule has 0 aliphatic carbocycles. The lowest BCUT2D eigenvalue weighted by atomic mass is 9.84. The van der Waals surface area contributed by atoms with Crippen molar-refractivity contribution in [1.82, 2.24) is 10.2 Å². The van der Waals surface area contributed by atoms with E-state index in [0.29, 0.717) is 29.6 Å². The van der Waals surface area contributed by atoms with Gasteiger partial charge in [0.25, 0.3) is 0 Å². The van der Waals surface area contributed by atoms with Crippen LogP contribution in [0.4, 0.5) is 0 Å². The van der Waals surface area contributed by atoms with Crippen molar-refractivity contribution in [3.8, 4) is 23.4 Å². The molecule has 1 atom stereocenters. The third kappa shape index (κ3) is 3.48. The summed E-state index contributed by atoms with van der Waals surface area (Å²) < 4.78 is 17.9. The fourth-order valence-corrected chi connectivity index (χ4v) is 4.04. The lowest BCUT2D eigenvalue weighted by Crippen LogP contribution is -2.21. The highest BCUT2D eigenvalue weighted by Gasteiger charge is 2.35. The van der Waals surface area contributed by atoms with Crippen molar-refractivity contribution in [1.29, 1.82) is 5.26 Å². The van der Waals surface area contributed by atoms with Gasteiger partial charge in [-0.2, -0.15) is 5.26 Å². The Kier molecular flexibility index (Phi) is 5.38. The first-order valence-electron chi connectivity index (χ1n) is 9.20. The summed E-state index contributed by atoms with van der Waals surface area (Å²) in [7, 11) is 1.58. The average molecular weight is 467 g/mol. The van der Waals surface area contributed by atoms with E-state index >= 15 is 0 Å². The Morgan fingerprint density at radius 3 is 2.73 bits per heavy atom. The number of hydrogen-bond donors (Lipinski definition) is 2. The number of allylic oxidation sites excluding steroid dienone is 1. The van der Waals surface area contributed by atoms with Gasteiger partial charge < -0.3 is 19.9 Å². The summed E-state index contributed by atoms with van der Waals surface area (Å²) in [6, 6.07) is 15.7. The third-order valence-corrected chi connectivity index (χ3v) is 5.65. The molecular formula is C22H19BrN4O3. The van der Waals surface area contributed by atoms with E-state index in [9.17, 15) is 5.26 Å². The number of aromatic nitrogens is 2. The van der Waals surface area contributed by atoms with E-state index in [-0.39, 0.29) is 5.88 Å². The van der Waals surface area contributed by atoms with Crippen LogP contribution in [-0.2, 0) is 6.61 Å². The number of benzene rings is 2. The van der Waals surface area contributed by atoms with Crippen molar-refractivity contribution in [2.75, 3.05) is 7.11 Å². The highest BCUT2D eigenvalue weighted by molar-refractivity contribution is 9.10. The summed E-state index contributed by atoms with van der Waals surface area (Å²) in [4.78, 5) is 0. The van der Waals surface area contributed by atoms with E-state index in [1.807, 2.05) is 49.4 Å². The maximum absolute atomic E-state index is 9.76. The van der Waals surface area contributed by atoms with Gasteiger partial charge in [0, 0.05) is 15.7 Å². The minimum Gasteiger partial charge on any atom is -0.493 e. The van der Waals surface area contributed by atoms with Crippen molar-refractivity contribution in [3.63, 3.8) is 0 Å². The molecule has 0 radical (unpaired) electrons. The smallest absolute Gasteiger partial charge is 0.244 e. The van der Waals surface area contributed by atoms with Crippen LogP contribution in [0.1, 0.15) is 28.3 Å². The molecular weight excluding hydrogens is 448 g/mol. The second-order valence-corrected chi connectivity index (χ2v) is 7.65. The molecule has 1 aliphatic heterocycles. The van der Waals surface area contributed by atoms with Crippen LogP contribution in [0.5, 0.6) is 17.4 Å². The molecule has 2 aromatic carbocycles. The van der Waals surface area contributed by atoms with Crippen LogP contribution in [0.15, 0.2) is 58.4 Å². The molecule has 0 bridgehead atoms. The number of H-pyrrole nitrogens is 1. The fraction of sp³-hybridized carbons (Fsp3) is 0.182. The van der Waals surface area contributed by atoms with Gasteiger partial charge >= 0.3 is 0 Å². The fourth-order valence-electron chi connectivity index (χ4n) is 3.49. The van der Waals surface area contributed by atoms with Gasteiger partial charge in [-0.1, -0.05) is 46.3 Å². The number of nitrogens with one attached hydrogen (secondary N) is 1. The molecule has 7 nitrogen and oxygen atoms in total. The van der Waals surface area contributed by atoms with Crippen LogP contribution < -0.4 is 19.9 Å². The molecule has 30 heavy (non-hydrogen) atoms. The molecule has 0 saturated heterocycles. The normalized spacial score (nSPS) is 15.2. The summed E-state index contributed by atoms with van der Waals surface area (Å²) in [5.74, 6) is 1.09. The lowest BCUT2D eigenvalue weighted by Gasteiger charge is -2.25. The molecule has 2 heterocycles. The first-order valence-corrected chi connectivity index (χ1v) is 9.99. The number of aromatic amines is 1. The molecule has 1 aromatic heterocycles. The predicted molar refractivity (Wildman–Crippen MR) is 114 cm³/mol. The zero-order chi connectivity index (χ0) is 21.3. The zero-order valence-corrected chi connectivity index (χ0v) is 18.0. The van der Waals surface area contributed by atoms with Crippen LogP contribution in [-0.4, -0.2) is 17.3 Å². The van der Waals surface area contributed by atoms with Crippen molar-refractivity contribution < 1.29 is 14.2 Å². The van der Waals surface area contributed by atoms with Crippen molar-refractivity contribution >= 4 is 15.9 Å². The van der Waals surface area contributed by atoms with Crippen LogP contribution in [0, 0.1) is 18.3 Å². The maximum Gasteiger partial charge on any atom is 0.244 e. The number of fused-ring (bicyclic) bond motifs is 1. The van der Waals surface area contributed by atoms with E-state index < -0.39 is 5.92 Å². The zero-order valence-electron chi connectivity index (χ0n) is 16.4. The summed E-state index contributed by atoms with van der Waals surface area (Å²) >= 11 is 3.63. The molecule has 0 unspecified atom stereocenters. The number of nitriles is 1. The Labute approximate surface area is 182 Å². The summed E-state index contributed by atoms with van der Waals surface area (Å²) in [5, 5.41) is 16.8.